The van der Waals surface area contributed by atoms with Crippen molar-refractivity contribution >= 4 is 22.2 Å². The monoisotopic (exact) mass is 280 g/mol. The zero-order chi connectivity index (χ0) is 11.4. The molecule has 1 aromatic heterocycles. The first-order chi connectivity index (χ1) is 7.78. The number of halogens is 1. The molecular weight excluding hydrogens is 272 g/mol. The van der Waals surface area contributed by atoms with Gasteiger partial charge in [0.2, 0.25) is 5.89 Å². The van der Waals surface area contributed by atoms with E-state index < -0.39 is 0 Å². The minimum Gasteiger partial charge on any atom is -0.339 e. The van der Waals surface area contributed by atoms with Crippen LogP contribution >= 0.6 is 15.9 Å². The van der Waals surface area contributed by atoms with Crippen LogP contribution in [0.25, 0.3) is 0 Å². The van der Waals surface area contributed by atoms with Gasteiger partial charge in [-0.15, -0.1) is 0 Å². The molecule has 0 aliphatic carbocycles. The van der Waals surface area contributed by atoms with Gasteiger partial charge in [0.15, 0.2) is 5.82 Å². The van der Waals surface area contributed by atoms with Crippen molar-refractivity contribution in [2.24, 2.45) is 0 Å². The molecular formula is C11H9BrN2O2. The third-order valence-corrected chi connectivity index (χ3v) is 2.57. The van der Waals surface area contributed by atoms with E-state index in [1.165, 1.54) is 0 Å². The van der Waals surface area contributed by atoms with E-state index in [9.17, 15) is 4.79 Å². The minimum absolute atomic E-state index is 0.198. The first-order valence-electron chi connectivity index (χ1n) is 4.77. The van der Waals surface area contributed by atoms with Gasteiger partial charge in [-0.2, -0.15) is 4.98 Å². The predicted molar refractivity (Wildman–Crippen MR) is 61.0 cm³/mol. The Labute approximate surface area is 101 Å². The van der Waals surface area contributed by atoms with Gasteiger partial charge in [-0.1, -0.05) is 33.2 Å². The van der Waals surface area contributed by atoms with Gasteiger partial charge in [-0.05, 0) is 17.7 Å². The number of aromatic nitrogens is 2. The second kappa shape index (κ2) is 5.03. The average molecular weight is 281 g/mol. The average Bonchev–Trinajstić information content (AvgIpc) is 2.70. The lowest BCUT2D eigenvalue weighted by Gasteiger charge is -1.96. The lowest BCUT2D eigenvalue weighted by atomic mass is 10.1. The van der Waals surface area contributed by atoms with Crippen molar-refractivity contribution in [3.8, 4) is 0 Å². The van der Waals surface area contributed by atoms with Crippen LogP contribution in [0.4, 0.5) is 0 Å². The molecule has 16 heavy (non-hydrogen) atoms. The number of hydrogen-bond acceptors (Lipinski definition) is 4. The van der Waals surface area contributed by atoms with E-state index >= 15 is 0 Å². The molecule has 4 nitrogen and oxygen atoms in total. The Hall–Kier alpha value is -1.49. The molecule has 0 amide bonds. The maximum atomic E-state index is 10.3. The number of benzene rings is 1. The van der Waals surface area contributed by atoms with Gasteiger partial charge in [0, 0.05) is 4.47 Å². The van der Waals surface area contributed by atoms with Crippen LogP contribution < -0.4 is 0 Å². The van der Waals surface area contributed by atoms with E-state index in [0.29, 0.717) is 18.1 Å². The van der Waals surface area contributed by atoms with Gasteiger partial charge in [-0.25, -0.2) is 0 Å². The number of hydrogen-bond donors (Lipinski definition) is 0. The molecule has 0 spiro atoms. The van der Waals surface area contributed by atoms with Crippen LogP contribution in [0.15, 0.2) is 33.3 Å². The van der Waals surface area contributed by atoms with Gasteiger partial charge in [-0.3, -0.25) is 0 Å². The highest BCUT2D eigenvalue weighted by Gasteiger charge is 2.06. The predicted octanol–water partition coefficient (Wildman–Crippen LogP) is 2.16. The molecule has 2 aromatic rings. The Balaban J connectivity index is 2.08. The van der Waals surface area contributed by atoms with Crippen LogP contribution in [0.3, 0.4) is 0 Å². The fourth-order valence-electron chi connectivity index (χ4n) is 1.30. The standard InChI is InChI=1S/C11H9BrN2O2/c12-9-3-1-8(2-4-9)7-11-13-10(5-6-15)14-16-11/h1-4,6H,5,7H2. The fourth-order valence-corrected chi connectivity index (χ4v) is 1.56. The molecule has 0 aliphatic rings. The molecule has 2 rings (SSSR count). The van der Waals surface area contributed by atoms with E-state index in [1.807, 2.05) is 24.3 Å². The summed E-state index contributed by atoms with van der Waals surface area (Å²) < 4.78 is 6.05. The molecule has 1 heterocycles. The van der Waals surface area contributed by atoms with Gasteiger partial charge < -0.3 is 9.32 Å². The zero-order valence-electron chi connectivity index (χ0n) is 8.39. The molecule has 0 fully saturated rings. The van der Waals surface area contributed by atoms with Crippen LogP contribution in [-0.4, -0.2) is 16.4 Å². The number of rotatable bonds is 4. The Bertz CT molecular complexity index is 479. The molecule has 82 valence electrons. The summed E-state index contributed by atoms with van der Waals surface area (Å²) >= 11 is 3.37. The zero-order valence-corrected chi connectivity index (χ0v) is 9.98. The largest absolute Gasteiger partial charge is 0.339 e. The third-order valence-electron chi connectivity index (χ3n) is 2.04. The number of aldehydes is 1. The summed E-state index contributed by atoms with van der Waals surface area (Å²) in [5.74, 6) is 0.960. The van der Waals surface area contributed by atoms with Crippen molar-refractivity contribution in [2.45, 2.75) is 12.8 Å². The van der Waals surface area contributed by atoms with Gasteiger partial charge in [0.05, 0.1) is 12.8 Å². The third kappa shape index (κ3) is 2.76. The summed E-state index contributed by atoms with van der Waals surface area (Å²) in [7, 11) is 0. The van der Waals surface area contributed by atoms with Gasteiger partial charge >= 0.3 is 0 Å². The molecule has 0 saturated carbocycles. The van der Waals surface area contributed by atoms with Crippen LogP contribution in [0.2, 0.25) is 0 Å². The van der Waals surface area contributed by atoms with E-state index in [1.54, 1.807) is 0 Å². The highest BCUT2D eigenvalue weighted by atomic mass is 79.9. The smallest absolute Gasteiger partial charge is 0.231 e. The van der Waals surface area contributed by atoms with Crippen molar-refractivity contribution in [3.63, 3.8) is 0 Å². The molecule has 0 saturated heterocycles. The highest BCUT2D eigenvalue weighted by molar-refractivity contribution is 9.10. The van der Waals surface area contributed by atoms with Crippen molar-refractivity contribution in [3.05, 3.63) is 46.0 Å². The molecule has 0 unspecified atom stereocenters. The molecule has 0 N–H and O–H groups in total. The van der Waals surface area contributed by atoms with Crippen molar-refractivity contribution in [1.82, 2.24) is 10.1 Å². The summed E-state index contributed by atoms with van der Waals surface area (Å²) in [6.45, 7) is 0. The first kappa shape index (κ1) is 11.0. The lowest BCUT2D eigenvalue weighted by molar-refractivity contribution is -0.107. The van der Waals surface area contributed by atoms with Crippen molar-refractivity contribution in [1.29, 1.82) is 0 Å². The lowest BCUT2D eigenvalue weighted by Crippen LogP contribution is -1.91. The number of carbonyl (C=O) groups excluding carboxylic acids is 1. The quantitative estimate of drug-likeness (QED) is 0.806. The Morgan fingerprint density at radius 1 is 1.31 bits per heavy atom. The summed E-state index contributed by atoms with van der Waals surface area (Å²) in [6, 6.07) is 7.87. The normalized spacial score (nSPS) is 10.3. The van der Waals surface area contributed by atoms with Crippen molar-refractivity contribution in [2.75, 3.05) is 0 Å². The maximum absolute atomic E-state index is 10.3. The summed E-state index contributed by atoms with van der Waals surface area (Å²) in [6.07, 6.45) is 1.54. The molecule has 5 heteroatoms. The SMILES string of the molecule is O=CCc1noc(Cc2ccc(Br)cc2)n1. The van der Waals surface area contributed by atoms with Crippen LogP contribution in [0.5, 0.6) is 0 Å². The van der Waals surface area contributed by atoms with Gasteiger partial charge in [0.25, 0.3) is 0 Å². The van der Waals surface area contributed by atoms with Crippen LogP contribution in [0, 0.1) is 0 Å². The molecule has 1 aromatic carbocycles. The van der Waals surface area contributed by atoms with Crippen LogP contribution in [-0.2, 0) is 17.6 Å². The molecule has 0 bridgehead atoms. The summed E-state index contributed by atoms with van der Waals surface area (Å²) in [4.78, 5) is 14.3. The van der Waals surface area contributed by atoms with E-state index in [0.717, 1.165) is 16.3 Å². The minimum atomic E-state index is 0.198. The molecule has 0 atom stereocenters. The first-order valence-corrected chi connectivity index (χ1v) is 5.57. The summed E-state index contributed by atoms with van der Waals surface area (Å²) in [5, 5.41) is 3.69. The second-order valence-electron chi connectivity index (χ2n) is 3.28. The second-order valence-corrected chi connectivity index (χ2v) is 4.19. The molecule has 0 radical (unpaired) electrons. The topological polar surface area (TPSA) is 56.0 Å². The van der Waals surface area contributed by atoms with Crippen LogP contribution in [0.1, 0.15) is 17.3 Å². The van der Waals surface area contributed by atoms with E-state index in [2.05, 4.69) is 26.1 Å². The Kier molecular flexibility index (Phi) is 3.46. The van der Waals surface area contributed by atoms with E-state index in [-0.39, 0.29) is 6.42 Å². The van der Waals surface area contributed by atoms with Crippen molar-refractivity contribution < 1.29 is 9.32 Å². The van der Waals surface area contributed by atoms with E-state index in [4.69, 9.17) is 4.52 Å². The Morgan fingerprint density at radius 3 is 2.75 bits per heavy atom. The fraction of sp³-hybridized carbons (Fsp3) is 0.182. The van der Waals surface area contributed by atoms with Gasteiger partial charge in [0.1, 0.15) is 6.29 Å². The highest BCUT2D eigenvalue weighted by Crippen LogP contribution is 2.13. The molecule has 0 aliphatic heterocycles. The summed E-state index contributed by atoms with van der Waals surface area (Å²) in [5.41, 5.74) is 1.09. The number of carbonyl (C=O) groups is 1. The maximum Gasteiger partial charge on any atom is 0.231 e. The number of nitrogens with zero attached hydrogens (tertiary/aromatic N) is 2. The Morgan fingerprint density at radius 2 is 2.06 bits per heavy atom.